The smallest absolute Gasteiger partial charge is 0.286 e. The number of aliphatic imine (C=N–C) groups is 1. The Morgan fingerprint density at radius 2 is 1.94 bits per heavy atom. The maximum absolute atomic E-state index is 11.4. The Morgan fingerprint density at radius 1 is 1.29 bits per heavy atom. The zero-order valence-electron chi connectivity index (χ0n) is 9.68. The molecule has 0 aromatic heterocycles. The topological polar surface area (TPSA) is 58.7 Å². The summed E-state index contributed by atoms with van der Waals surface area (Å²) >= 11 is 1.21. The number of nitrogens with zero attached hydrogens (tertiary/aromatic N) is 2. The minimum Gasteiger partial charge on any atom is -0.378 e. The molecule has 0 spiro atoms. The number of rotatable bonds is 2. The molecule has 0 saturated carbocycles. The summed E-state index contributed by atoms with van der Waals surface area (Å²) in [5.41, 5.74) is 7.57. The van der Waals surface area contributed by atoms with E-state index in [1.807, 2.05) is 43.3 Å². The van der Waals surface area contributed by atoms with Gasteiger partial charge in [-0.25, -0.2) is 0 Å². The van der Waals surface area contributed by atoms with Crippen molar-refractivity contribution in [3.05, 3.63) is 34.7 Å². The molecule has 0 bridgehead atoms. The SMILES string of the molecule is CN(C)c1ccc(C=C2SC(N)=NC2=O)cc1. The lowest BCUT2D eigenvalue weighted by Crippen LogP contribution is -2.07. The summed E-state index contributed by atoms with van der Waals surface area (Å²) in [4.78, 5) is 17.6. The van der Waals surface area contributed by atoms with Crippen LogP contribution in [0.1, 0.15) is 5.56 Å². The van der Waals surface area contributed by atoms with Crippen LogP contribution in [0.5, 0.6) is 0 Å². The average Bonchev–Trinajstić information content (AvgIpc) is 2.58. The molecule has 1 heterocycles. The normalized spacial score (nSPS) is 17.4. The maximum Gasteiger partial charge on any atom is 0.286 e. The molecule has 17 heavy (non-hydrogen) atoms. The molecule has 88 valence electrons. The van der Waals surface area contributed by atoms with Crippen molar-refractivity contribution < 1.29 is 4.79 Å². The van der Waals surface area contributed by atoms with Crippen LogP contribution < -0.4 is 10.6 Å². The summed E-state index contributed by atoms with van der Waals surface area (Å²) in [5, 5.41) is 0.311. The van der Waals surface area contributed by atoms with E-state index in [0.717, 1.165) is 11.3 Å². The molecule has 0 saturated heterocycles. The van der Waals surface area contributed by atoms with Crippen LogP contribution in [0.25, 0.3) is 6.08 Å². The van der Waals surface area contributed by atoms with Gasteiger partial charge in [0.1, 0.15) is 0 Å². The summed E-state index contributed by atoms with van der Waals surface area (Å²) in [6.45, 7) is 0. The van der Waals surface area contributed by atoms with Gasteiger partial charge >= 0.3 is 0 Å². The first-order chi connectivity index (χ1) is 8.06. The molecule has 4 nitrogen and oxygen atoms in total. The Kier molecular flexibility index (Phi) is 3.19. The highest BCUT2D eigenvalue weighted by Gasteiger charge is 2.19. The van der Waals surface area contributed by atoms with Gasteiger partial charge in [0.15, 0.2) is 5.17 Å². The van der Waals surface area contributed by atoms with E-state index in [0.29, 0.717) is 10.1 Å². The van der Waals surface area contributed by atoms with Gasteiger partial charge in [0, 0.05) is 19.8 Å². The molecule has 1 amide bonds. The predicted octanol–water partition coefficient (Wildman–Crippen LogP) is 1.68. The molecule has 1 aromatic rings. The minimum absolute atomic E-state index is 0.260. The summed E-state index contributed by atoms with van der Waals surface area (Å²) in [7, 11) is 3.97. The van der Waals surface area contributed by atoms with Crippen molar-refractivity contribution in [2.45, 2.75) is 0 Å². The van der Waals surface area contributed by atoms with E-state index in [1.165, 1.54) is 11.8 Å². The number of nitrogens with two attached hydrogens (primary N) is 1. The largest absolute Gasteiger partial charge is 0.378 e. The van der Waals surface area contributed by atoms with Gasteiger partial charge in [0.05, 0.1) is 4.91 Å². The van der Waals surface area contributed by atoms with Crippen LogP contribution in [0.3, 0.4) is 0 Å². The van der Waals surface area contributed by atoms with Gasteiger partial charge in [-0.15, -0.1) is 0 Å². The number of hydrogen-bond acceptors (Lipinski definition) is 4. The van der Waals surface area contributed by atoms with E-state index in [4.69, 9.17) is 5.73 Å². The quantitative estimate of drug-likeness (QED) is 0.808. The van der Waals surface area contributed by atoms with Crippen LogP contribution in [0.15, 0.2) is 34.2 Å². The second-order valence-corrected chi connectivity index (χ2v) is 4.91. The third-order valence-electron chi connectivity index (χ3n) is 2.34. The molecule has 5 heteroatoms. The zero-order chi connectivity index (χ0) is 12.4. The lowest BCUT2D eigenvalue weighted by molar-refractivity contribution is -0.113. The first kappa shape index (κ1) is 11.7. The van der Waals surface area contributed by atoms with Gasteiger partial charge in [0.25, 0.3) is 5.91 Å². The summed E-state index contributed by atoms with van der Waals surface area (Å²) in [6.07, 6.45) is 1.80. The number of benzene rings is 1. The summed E-state index contributed by atoms with van der Waals surface area (Å²) in [6, 6.07) is 7.93. The monoisotopic (exact) mass is 247 g/mol. The number of carbonyl (C=O) groups is 1. The van der Waals surface area contributed by atoms with Crippen LogP contribution in [0.2, 0.25) is 0 Å². The Morgan fingerprint density at radius 3 is 2.41 bits per heavy atom. The molecule has 2 N–H and O–H groups in total. The van der Waals surface area contributed by atoms with E-state index in [9.17, 15) is 4.79 Å². The molecule has 1 aliphatic heterocycles. The fraction of sp³-hybridized carbons (Fsp3) is 0.167. The van der Waals surface area contributed by atoms with Crippen LogP contribution in [0, 0.1) is 0 Å². The van der Waals surface area contributed by atoms with Gasteiger partial charge in [-0.05, 0) is 35.5 Å². The number of thioether (sulfide) groups is 1. The third-order valence-corrected chi connectivity index (χ3v) is 3.16. The first-order valence-electron chi connectivity index (χ1n) is 5.12. The van der Waals surface area contributed by atoms with Gasteiger partial charge in [-0.1, -0.05) is 12.1 Å². The Bertz CT molecular complexity index is 503. The lowest BCUT2D eigenvalue weighted by Gasteiger charge is -2.11. The van der Waals surface area contributed by atoms with Gasteiger partial charge < -0.3 is 10.6 Å². The second-order valence-electron chi connectivity index (χ2n) is 3.85. The van der Waals surface area contributed by atoms with Crippen molar-refractivity contribution in [2.24, 2.45) is 10.7 Å². The second kappa shape index (κ2) is 4.63. The fourth-order valence-electron chi connectivity index (χ4n) is 1.45. The molecule has 0 atom stereocenters. The van der Waals surface area contributed by atoms with E-state index in [1.54, 1.807) is 6.08 Å². The highest BCUT2D eigenvalue weighted by molar-refractivity contribution is 8.18. The van der Waals surface area contributed by atoms with Crippen molar-refractivity contribution in [3.63, 3.8) is 0 Å². The lowest BCUT2D eigenvalue weighted by atomic mass is 10.2. The molecular formula is C12H13N3OS. The molecule has 0 unspecified atom stereocenters. The molecule has 0 radical (unpaired) electrons. The number of amidine groups is 1. The predicted molar refractivity (Wildman–Crippen MR) is 73.0 cm³/mol. The van der Waals surface area contributed by atoms with Crippen molar-refractivity contribution in [2.75, 3.05) is 19.0 Å². The van der Waals surface area contributed by atoms with Crippen LogP contribution in [-0.4, -0.2) is 25.2 Å². The highest BCUT2D eigenvalue weighted by Crippen LogP contribution is 2.26. The van der Waals surface area contributed by atoms with E-state index < -0.39 is 0 Å². The zero-order valence-corrected chi connectivity index (χ0v) is 10.5. The molecule has 1 aliphatic rings. The summed E-state index contributed by atoms with van der Waals surface area (Å²) < 4.78 is 0. The summed E-state index contributed by atoms with van der Waals surface area (Å²) in [5.74, 6) is -0.260. The van der Waals surface area contributed by atoms with Crippen LogP contribution in [0.4, 0.5) is 5.69 Å². The van der Waals surface area contributed by atoms with Crippen molar-refractivity contribution in [3.8, 4) is 0 Å². The maximum atomic E-state index is 11.4. The number of anilines is 1. The van der Waals surface area contributed by atoms with Crippen molar-refractivity contribution in [1.82, 2.24) is 0 Å². The Labute approximate surface area is 104 Å². The minimum atomic E-state index is -0.260. The van der Waals surface area contributed by atoms with Crippen molar-refractivity contribution in [1.29, 1.82) is 0 Å². The van der Waals surface area contributed by atoms with E-state index >= 15 is 0 Å². The molecular weight excluding hydrogens is 234 g/mol. The van der Waals surface area contributed by atoms with Gasteiger partial charge in [0.2, 0.25) is 0 Å². The fourth-order valence-corrected chi connectivity index (χ4v) is 2.13. The van der Waals surface area contributed by atoms with Gasteiger partial charge in [-0.2, -0.15) is 4.99 Å². The van der Waals surface area contributed by atoms with Crippen LogP contribution in [-0.2, 0) is 4.79 Å². The highest BCUT2D eigenvalue weighted by atomic mass is 32.2. The van der Waals surface area contributed by atoms with Crippen molar-refractivity contribution >= 4 is 34.6 Å². The Hall–Kier alpha value is -1.75. The van der Waals surface area contributed by atoms with Crippen LogP contribution >= 0.6 is 11.8 Å². The number of amides is 1. The van der Waals surface area contributed by atoms with Gasteiger partial charge in [-0.3, -0.25) is 4.79 Å². The Balaban J connectivity index is 2.20. The number of hydrogen-bond donors (Lipinski definition) is 1. The first-order valence-corrected chi connectivity index (χ1v) is 5.93. The van der Waals surface area contributed by atoms with E-state index in [2.05, 4.69) is 4.99 Å². The standard InChI is InChI=1S/C12H13N3OS/c1-15(2)9-5-3-8(4-6-9)7-10-11(16)14-12(13)17-10/h3-7H,1-2H3,(H2,13,14,16). The average molecular weight is 247 g/mol. The number of carbonyl (C=O) groups excluding carboxylic acids is 1. The third kappa shape index (κ3) is 2.68. The molecule has 0 fully saturated rings. The molecule has 0 aliphatic carbocycles. The van der Waals surface area contributed by atoms with E-state index in [-0.39, 0.29) is 5.91 Å². The molecule has 2 rings (SSSR count). The molecule has 1 aromatic carbocycles.